The molecule has 6 heteroatoms. The quantitative estimate of drug-likeness (QED) is 0.583. The molecule has 0 N–H and O–H groups in total. The molecule has 1 rings (SSSR count). The highest BCUT2D eigenvalue weighted by molar-refractivity contribution is 5.66. The average molecular weight is 188 g/mol. The minimum atomic E-state index is -0.371. The minimum Gasteiger partial charge on any atom is -0.367 e. The van der Waals surface area contributed by atoms with Crippen molar-refractivity contribution in [2.75, 3.05) is 19.8 Å². The first-order valence-corrected chi connectivity index (χ1v) is 3.95. The predicted octanol–water partition coefficient (Wildman–Crippen LogP) is -0.482. The van der Waals surface area contributed by atoms with E-state index in [-0.39, 0.29) is 11.9 Å². The number of rotatable bonds is 2. The van der Waals surface area contributed by atoms with Gasteiger partial charge in [0.05, 0.1) is 13.1 Å². The second-order valence-electron chi connectivity index (χ2n) is 2.72. The number of hydrogen-bond acceptors (Lipinski definition) is 6. The van der Waals surface area contributed by atoms with Crippen LogP contribution in [0, 0.1) is 0 Å². The largest absolute Gasteiger partial charge is 0.367 e. The zero-order valence-corrected chi connectivity index (χ0v) is 7.65. The summed E-state index contributed by atoms with van der Waals surface area (Å²) in [5.74, 6) is -0.741. The molecule has 0 atom stereocenters. The summed E-state index contributed by atoms with van der Waals surface area (Å²) >= 11 is 0. The van der Waals surface area contributed by atoms with E-state index in [1.165, 1.54) is 24.0 Å². The SMILES string of the molecule is CC(=O)ON1CCN(OC(C)=O)C1. The maximum absolute atomic E-state index is 10.5. The van der Waals surface area contributed by atoms with Gasteiger partial charge in [0.15, 0.2) is 0 Å². The zero-order valence-electron chi connectivity index (χ0n) is 7.65. The molecule has 0 spiro atoms. The van der Waals surface area contributed by atoms with E-state index in [2.05, 4.69) is 0 Å². The molecular formula is C7H12N2O4. The number of nitrogens with zero attached hydrogens (tertiary/aromatic N) is 2. The fourth-order valence-corrected chi connectivity index (χ4v) is 1.05. The van der Waals surface area contributed by atoms with E-state index >= 15 is 0 Å². The van der Waals surface area contributed by atoms with Crippen LogP contribution in [0.1, 0.15) is 13.8 Å². The molecule has 0 aromatic rings. The summed E-state index contributed by atoms with van der Waals surface area (Å²) in [6.45, 7) is 4.06. The van der Waals surface area contributed by atoms with Crippen LogP contribution in [0.25, 0.3) is 0 Å². The average Bonchev–Trinajstić information content (AvgIpc) is 2.33. The van der Waals surface area contributed by atoms with Gasteiger partial charge in [-0.3, -0.25) is 9.59 Å². The van der Waals surface area contributed by atoms with Gasteiger partial charge in [0.2, 0.25) is 0 Å². The number of hydroxylamine groups is 4. The zero-order chi connectivity index (χ0) is 9.84. The number of carbonyl (C=O) groups excluding carboxylic acids is 2. The molecule has 0 unspecified atom stereocenters. The van der Waals surface area contributed by atoms with Gasteiger partial charge in [0.1, 0.15) is 6.67 Å². The Hall–Kier alpha value is -1.14. The molecule has 13 heavy (non-hydrogen) atoms. The fourth-order valence-electron chi connectivity index (χ4n) is 1.05. The van der Waals surface area contributed by atoms with E-state index < -0.39 is 0 Å². The Balaban J connectivity index is 2.27. The lowest BCUT2D eigenvalue weighted by atomic mass is 10.7. The predicted molar refractivity (Wildman–Crippen MR) is 41.8 cm³/mol. The Morgan fingerprint density at radius 2 is 1.38 bits per heavy atom. The molecule has 1 saturated heterocycles. The van der Waals surface area contributed by atoms with Gasteiger partial charge < -0.3 is 9.68 Å². The Kier molecular flexibility index (Phi) is 3.21. The van der Waals surface area contributed by atoms with Crippen molar-refractivity contribution >= 4 is 11.9 Å². The fraction of sp³-hybridized carbons (Fsp3) is 0.714. The van der Waals surface area contributed by atoms with Crippen molar-refractivity contribution in [3.05, 3.63) is 0 Å². The molecule has 0 amide bonds. The van der Waals surface area contributed by atoms with Gasteiger partial charge >= 0.3 is 11.9 Å². The van der Waals surface area contributed by atoms with Gasteiger partial charge in [-0.2, -0.15) is 0 Å². The first kappa shape index (κ1) is 9.94. The van der Waals surface area contributed by atoms with E-state index in [1.54, 1.807) is 0 Å². The highest BCUT2D eigenvalue weighted by Crippen LogP contribution is 2.05. The van der Waals surface area contributed by atoms with Gasteiger partial charge in [0.25, 0.3) is 0 Å². The van der Waals surface area contributed by atoms with Gasteiger partial charge in [-0.05, 0) is 0 Å². The molecule has 0 bridgehead atoms. The summed E-state index contributed by atoms with van der Waals surface area (Å²) in [4.78, 5) is 30.6. The van der Waals surface area contributed by atoms with Crippen molar-refractivity contribution < 1.29 is 19.3 Å². The molecule has 1 heterocycles. The Morgan fingerprint density at radius 1 is 1.00 bits per heavy atom. The highest BCUT2D eigenvalue weighted by atomic mass is 16.8. The molecule has 0 aromatic heterocycles. The molecular weight excluding hydrogens is 176 g/mol. The Bertz CT molecular complexity index is 197. The molecule has 0 aromatic carbocycles. The van der Waals surface area contributed by atoms with Crippen LogP contribution in [0.2, 0.25) is 0 Å². The van der Waals surface area contributed by atoms with Gasteiger partial charge in [-0.15, -0.1) is 10.1 Å². The van der Waals surface area contributed by atoms with Crippen molar-refractivity contribution in [2.24, 2.45) is 0 Å². The minimum absolute atomic E-state index is 0.305. The number of hydrogen-bond donors (Lipinski definition) is 0. The van der Waals surface area contributed by atoms with Gasteiger partial charge in [-0.1, -0.05) is 0 Å². The molecule has 0 saturated carbocycles. The summed E-state index contributed by atoms with van der Waals surface area (Å²) in [6, 6.07) is 0. The van der Waals surface area contributed by atoms with Crippen LogP contribution < -0.4 is 0 Å². The molecule has 0 aliphatic carbocycles. The molecule has 0 radical (unpaired) electrons. The summed E-state index contributed by atoms with van der Waals surface area (Å²) in [5.41, 5.74) is 0. The van der Waals surface area contributed by atoms with Crippen molar-refractivity contribution in [3.63, 3.8) is 0 Å². The van der Waals surface area contributed by atoms with Crippen LogP contribution in [-0.4, -0.2) is 41.8 Å². The molecule has 1 fully saturated rings. The van der Waals surface area contributed by atoms with Gasteiger partial charge in [-0.25, -0.2) is 0 Å². The molecule has 1 aliphatic heterocycles. The Labute approximate surface area is 75.9 Å². The third-order valence-electron chi connectivity index (χ3n) is 1.43. The maximum atomic E-state index is 10.5. The highest BCUT2D eigenvalue weighted by Gasteiger charge is 2.24. The van der Waals surface area contributed by atoms with Crippen LogP contribution in [0.3, 0.4) is 0 Å². The molecule has 6 nitrogen and oxygen atoms in total. The third kappa shape index (κ3) is 3.39. The third-order valence-corrected chi connectivity index (χ3v) is 1.43. The second-order valence-corrected chi connectivity index (χ2v) is 2.72. The second kappa shape index (κ2) is 4.20. The first-order chi connectivity index (χ1) is 6.08. The number of carbonyl (C=O) groups is 2. The summed E-state index contributed by atoms with van der Waals surface area (Å²) in [7, 11) is 0. The topological polar surface area (TPSA) is 59.1 Å². The maximum Gasteiger partial charge on any atom is 0.322 e. The van der Waals surface area contributed by atoms with E-state index in [9.17, 15) is 9.59 Å². The lowest BCUT2D eigenvalue weighted by molar-refractivity contribution is -0.209. The van der Waals surface area contributed by atoms with Crippen LogP contribution in [0.4, 0.5) is 0 Å². The Morgan fingerprint density at radius 3 is 1.69 bits per heavy atom. The first-order valence-electron chi connectivity index (χ1n) is 3.95. The van der Waals surface area contributed by atoms with Crippen LogP contribution in [0.5, 0.6) is 0 Å². The molecule has 74 valence electrons. The lowest BCUT2D eigenvalue weighted by Crippen LogP contribution is -2.28. The summed E-state index contributed by atoms with van der Waals surface area (Å²) in [6.07, 6.45) is 0. The van der Waals surface area contributed by atoms with Crippen LogP contribution in [-0.2, 0) is 19.3 Å². The van der Waals surface area contributed by atoms with E-state index in [0.29, 0.717) is 19.8 Å². The van der Waals surface area contributed by atoms with Crippen LogP contribution >= 0.6 is 0 Å². The van der Waals surface area contributed by atoms with Crippen LogP contribution in [0.15, 0.2) is 0 Å². The van der Waals surface area contributed by atoms with Crippen molar-refractivity contribution in [1.29, 1.82) is 0 Å². The smallest absolute Gasteiger partial charge is 0.322 e. The van der Waals surface area contributed by atoms with Crippen molar-refractivity contribution in [2.45, 2.75) is 13.8 Å². The van der Waals surface area contributed by atoms with E-state index in [4.69, 9.17) is 9.68 Å². The van der Waals surface area contributed by atoms with E-state index in [1.807, 2.05) is 0 Å². The van der Waals surface area contributed by atoms with E-state index in [0.717, 1.165) is 0 Å². The lowest BCUT2D eigenvalue weighted by Gasteiger charge is -2.14. The van der Waals surface area contributed by atoms with Crippen molar-refractivity contribution in [3.8, 4) is 0 Å². The normalized spacial score (nSPS) is 18.6. The monoisotopic (exact) mass is 188 g/mol. The summed E-state index contributed by atoms with van der Waals surface area (Å²) < 4.78 is 0. The summed E-state index contributed by atoms with van der Waals surface area (Å²) in [5, 5.41) is 2.87. The van der Waals surface area contributed by atoms with Crippen molar-refractivity contribution in [1.82, 2.24) is 10.1 Å². The molecule has 1 aliphatic rings. The van der Waals surface area contributed by atoms with Gasteiger partial charge in [0, 0.05) is 13.8 Å². The standard InChI is InChI=1S/C7H12N2O4/c1-6(10)12-8-3-4-9(5-8)13-7(2)11/h3-5H2,1-2H3.